The predicted octanol–water partition coefficient (Wildman–Crippen LogP) is -0.386. The molecule has 0 aromatic heterocycles. The van der Waals surface area contributed by atoms with Crippen LogP contribution in [0, 0.1) is 0 Å². The van der Waals surface area contributed by atoms with Gasteiger partial charge in [-0.25, -0.2) is 0 Å². The van der Waals surface area contributed by atoms with Crippen molar-refractivity contribution < 1.29 is 9.94 Å². The van der Waals surface area contributed by atoms with Crippen LogP contribution in [0.25, 0.3) is 0 Å². The molecule has 48 valence electrons. The second kappa shape index (κ2) is 2.44. The first-order chi connectivity index (χ1) is 3.83. The Hall–Kier alpha value is -0.120. The van der Waals surface area contributed by atoms with Crippen molar-refractivity contribution in [2.45, 2.75) is 13.0 Å². The molecule has 1 heterocycles. The van der Waals surface area contributed by atoms with Crippen LogP contribution in [-0.2, 0) is 4.84 Å². The third-order valence-corrected chi connectivity index (χ3v) is 1.22. The van der Waals surface area contributed by atoms with Crippen LogP contribution in [0.2, 0.25) is 0 Å². The van der Waals surface area contributed by atoms with E-state index in [1.807, 2.05) is 6.92 Å². The molecule has 1 rings (SSSR count). The van der Waals surface area contributed by atoms with Gasteiger partial charge < -0.3 is 5.11 Å². The largest absolute Gasteiger partial charge is 0.389 e. The van der Waals surface area contributed by atoms with Gasteiger partial charge in [0, 0.05) is 6.54 Å². The Morgan fingerprint density at radius 1 is 1.88 bits per heavy atom. The SMILES string of the molecule is CCN1CC(O)CO1. The van der Waals surface area contributed by atoms with Crippen molar-refractivity contribution in [1.29, 1.82) is 0 Å². The number of likely N-dealkylation sites (N-methyl/N-ethyl adjacent to an activating group) is 1. The summed E-state index contributed by atoms with van der Waals surface area (Å²) >= 11 is 0. The van der Waals surface area contributed by atoms with Crippen LogP contribution < -0.4 is 0 Å². The molecule has 0 aromatic rings. The summed E-state index contributed by atoms with van der Waals surface area (Å²) in [6, 6.07) is 0. The summed E-state index contributed by atoms with van der Waals surface area (Å²) in [4.78, 5) is 5.00. The van der Waals surface area contributed by atoms with Crippen LogP contribution in [0.5, 0.6) is 0 Å². The Kier molecular flexibility index (Phi) is 1.83. The molecule has 0 amide bonds. The number of nitrogens with zero attached hydrogens (tertiary/aromatic N) is 1. The van der Waals surface area contributed by atoms with Gasteiger partial charge in [0.25, 0.3) is 0 Å². The minimum atomic E-state index is -0.269. The second-order valence-corrected chi connectivity index (χ2v) is 1.93. The molecule has 1 unspecified atom stereocenters. The predicted molar refractivity (Wildman–Crippen MR) is 29.2 cm³/mol. The molecule has 1 aliphatic heterocycles. The first-order valence-corrected chi connectivity index (χ1v) is 2.89. The summed E-state index contributed by atoms with van der Waals surface area (Å²) < 4.78 is 0. The van der Waals surface area contributed by atoms with Crippen LogP contribution in [0.1, 0.15) is 6.92 Å². The average Bonchev–Trinajstić information content (AvgIpc) is 2.14. The van der Waals surface area contributed by atoms with Crippen molar-refractivity contribution in [2.75, 3.05) is 19.7 Å². The highest BCUT2D eigenvalue weighted by Gasteiger charge is 2.18. The van der Waals surface area contributed by atoms with E-state index in [2.05, 4.69) is 0 Å². The highest BCUT2D eigenvalue weighted by molar-refractivity contribution is 4.61. The lowest BCUT2D eigenvalue weighted by atomic mass is 10.4. The molecule has 3 nitrogen and oxygen atoms in total. The molecule has 8 heavy (non-hydrogen) atoms. The van der Waals surface area contributed by atoms with Crippen molar-refractivity contribution >= 4 is 0 Å². The van der Waals surface area contributed by atoms with Crippen molar-refractivity contribution in [3.05, 3.63) is 0 Å². The zero-order valence-electron chi connectivity index (χ0n) is 5.00. The van der Waals surface area contributed by atoms with Gasteiger partial charge in [0.05, 0.1) is 19.3 Å². The van der Waals surface area contributed by atoms with E-state index in [0.29, 0.717) is 13.2 Å². The highest BCUT2D eigenvalue weighted by Crippen LogP contribution is 2.02. The molecular weight excluding hydrogens is 106 g/mol. The zero-order chi connectivity index (χ0) is 5.98. The minimum absolute atomic E-state index is 0.269. The molecule has 0 spiro atoms. The first kappa shape index (κ1) is 6.01. The van der Waals surface area contributed by atoms with Crippen molar-refractivity contribution in [3.8, 4) is 0 Å². The van der Waals surface area contributed by atoms with Gasteiger partial charge in [-0.2, -0.15) is 5.06 Å². The molecule has 1 N–H and O–H groups in total. The Morgan fingerprint density at radius 2 is 2.62 bits per heavy atom. The second-order valence-electron chi connectivity index (χ2n) is 1.93. The highest BCUT2D eigenvalue weighted by atomic mass is 16.7. The lowest BCUT2D eigenvalue weighted by Crippen LogP contribution is -2.19. The summed E-state index contributed by atoms with van der Waals surface area (Å²) in [5, 5.41) is 10.6. The molecule has 1 aliphatic rings. The Labute approximate surface area is 48.8 Å². The lowest BCUT2D eigenvalue weighted by molar-refractivity contribution is -0.106. The van der Waals surface area contributed by atoms with Crippen LogP contribution in [-0.4, -0.2) is 36.0 Å². The molecule has 0 saturated carbocycles. The van der Waals surface area contributed by atoms with E-state index in [9.17, 15) is 0 Å². The maximum absolute atomic E-state index is 8.86. The van der Waals surface area contributed by atoms with E-state index in [0.717, 1.165) is 6.54 Å². The molecule has 1 saturated heterocycles. The van der Waals surface area contributed by atoms with Gasteiger partial charge in [-0.3, -0.25) is 4.84 Å². The number of aliphatic hydroxyl groups excluding tert-OH is 1. The first-order valence-electron chi connectivity index (χ1n) is 2.89. The molecule has 3 heteroatoms. The molecule has 0 aliphatic carbocycles. The van der Waals surface area contributed by atoms with Crippen molar-refractivity contribution in [2.24, 2.45) is 0 Å². The van der Waals surface area contributed by atoms with Gasteiger partial charge >= 0.3 is 0 Å². The number of β-amino-alcohol motifs (C(OH)–C–C–N with tert-alkyl or cyclic N) is 1. The van der Waals surface area contributed by atoms with E-state index in [1.54, 1.807) is 5.06 Å². The Morgan fingerprint density at radius 3 is 2.88 bits per heavy atom. The summed E-state index contributed by atoms with van der Waals surface area (Å²) in [7, 11) is 0. The van der Waals surface area contributed by atoms with Crippen LogP contribution in [0.3, 0.4) is 0 Å². The van der Waals surface area contributed by atoms with Gasteiger partial charge in [-0.05, 0) is 0 Å². The third kappa shape index (κ3) is 1.18. The minimum Gasteiger partial charge on any atom is -0.389 e. The quantitative estimate of drug-likeness (QED) is 0.508. The fourth-order valence-corrected chi connectivity index (χ4v) is 0.752. The Bertz CT molecular complexity index is 76.8. The van der Waals surface area contributed by atoms with Gasteiger partial charge in [0.15, 0.2) is 0 Å². The zero-order valence-corrected chi connectivity index (χ0v) is 5.00. The Balaban J connectivity index is 2.22. The lowest BCUT2D eigenvalue weighted by Gasteiger charge is -2.07. The smallest absolute Gasteiger partial charge is 0.0958 e. The van der Waals surface area contributed by atoms with Crippen molar-refractivity contribution in [3.63, 3.8) is 0 Å². The summed E-state index contributed by atoms with van der Waals surface area (Å²) in [5.74, 6) is 0. The third-order valence-electron chi connectivity index (χ3n) is 1.22. The topological polar surface area (TPSA) is 32.7 Å². The maximum Gasteiger partial charge on any atom is 0.0958 e. The van der Waals surface area contributed by atoms with E-state index in [-0.39, 0.29) is 6.10 Å². The molecule has 0 aromatic carbocycles. The van der Waals surface area contributed by atoms with Gasteiger partial charge in [0.2, 0.25) is 0 Å². The van der Waals surface area contributed by atoms with Crippen LogP contribution in [0.15, 0.2) is 0 Å². The molecule has 0 radical (unpaired) electrons. The molecule has 1 atom stereocenters. The van der Waals surface area contributed by atoms with Gasteiger partial charge in [-0.1, -0.05) is 6.92 Å². The van der Waals surface area contributed by atoms with E-state index in [4.69, 9.17) is 9.94 Å². The van der Waals surface area contributed by atoms with E-state index < -0.39 is 0 Å². The number of hydrogen-bond donors (Lipinski definition) is 1. The van der Waals surface area contributed by atoms with E-state index >= 15 is 0 Å². The number of aliphatic hydroxyl groups is 1. The van der Waals surface area contributed by atoms with Crippen LogP contribution in [0.4, 0.5) is 0 Å². The number of hydrogen-bond acceptors (Lipinski definition) is 3. The maximum atomic E-state index is 8.86. The standard InChI is InChI=1S/C5H11NO2/c1-2-6-3-5(7)4-8-6/h5,7H,2-4H2,1H3. The molecule has 0 bridgehead atoms. The number of rotatable bonds is 1. The number of hydroxylamine groups is 2. The van der Waals surface area contributed by atoms with Gasteiger partial charge in [0.1, 0.15) is 0 Å². The molecular formula is C5H11NO2. The fourth-order valence-electron chi connectivity index (χ4n) is 0.752. The summed E-state index contributed by atoms with van der Waals surface area (Å²) in [6.45, 7) is 3.99. The normalized spacial score (nSPS) is 31.5. The van der Waals surface area contributed by atoms with Gasteiger partial charge in [-0.15, -0.1) is 0 Å². The summed E-state index contributed by atoms with van der Waals surface area (Å²) in [5.41, 5.74) is 0. The monoisotopic (exact) mass is 117 g/mol. The summed E-state index contributed by atoms with van der Waals surface area (Å²) in [6.07, 6.45) is -0.269. The average molecular weight is 117 g/mol. The molecule has 1 fully saturated rings. The fraction of sp³-hybridized carbons (Fsp3) is 1.00. The van der Waals surface area contributed by atoms with Crippen molar-refractivity contribution in [1.82, 2.24) is 5.06 Å². The van der Waals surface area contributed by atoms with E-state index in [1.165, 1.54) is 0 Å². The van der Waals surface area contributed by atoms with Crippen LogP contribution >= 0.6 is 0 Å².